The molecule has 7 heteroatoms. The zero-order valence-corrected chi connectivity index (χ0v) is 16.2. The minimum atomic E-state index is -0.801. The molecule has 0 aromatic heterocycles. The van der Waals surface area contributed by atoms with Crippen molar-refractivity contribution in [2.75, 3.05) is 19.8 Å². The van der Waals surface area contributed by atoms with Crippen molar-refractivity contribution >= 4 is 17.4 Å². The van der Waals surface area contributed by atoms with E-state index in [1.165, 1.54) is 0 Å². The van der Waals surface area contributed by atoms with Gasteiger partial charge in [-0.1, -0.05) is 20.8 Å². The van der Waals surface area contributed by atoms with Gasteiger partial charge in [0.2, 0.25) is 0 Å². The molecule has 0 amide bonds. The van der Waals surface area contributed by atoms with Gasteiger partial charge in [-0.05, 0) is 58.9 Å². The van der Waals surface area contributed by atoms with E-state index in [1.807, 2.05) is 41.5 Å². The molecule has 6 nitrogen and oxygen atoms in total. The van der Waals surface area contributed by atoms with Crippen LogP contribution < -0.4 is 15.3 Å². The Balaban J connectivity index is -0.000000108. The van der Waals surface area contributed by atoms with Crippen LogP contribution in [-0.4, -0.2) is 56.1 Å². The molecule has 0 aliphatic carbocycles. The summed E-state index contributed by atoms with van der Waals surface area (Å²) in [5, 5.41) is 30.8. The van der Waals surface area contributed by atoms with E-state index in [9.17, 15) is 15.3 Å². The van der Waals surface area contributed by atoms with E-state index < -0.39 is 18.9 Å². The molecule has 0 spiro atoms. The van der Waals surface area contributed by atoms with Crippen LogP contribution in [0.25, 0.3) is 0 Å². The molecule has 22 heavy (non-hydrogen) atoms. The largest absolute Gasteiger partial charge is 3.00 e. The fraction of sp³-hybridized carbons (Fsp3) is 1.00. The first kappa shape index (κ1) is 30.2. The number of ether oxygens (including phenoxy) is 3. The summed E-state index contributed by atoms with van der Waals surface area (Å²) in [6.45, 7) is 12.5. The summed E-state index contributed by atoms with van der Waals surface area (Å²) in [5.41, 5.74) is 0. The van der Waals surface area contributed by atoms with Gasteiger partial charge >= 0.3 is 17.4 Å². The molecule has 132 valence electrons. The maximum Gasteiger partial charge on any atom is 3.00 e. The molecule has 0 aliphatic rings. The molecular weight excluding hydrogens is 303 g/mol. The van der Waals surface area contributed by atoms with Gasteiger partial charge in [-0.25, -0.2) is 0 Å². The van der Waals surface area contributed by atoms with Crippen molar-refractivity contribution in [2.45, 2.75) is 79.7 Å². The molecule has 0 aromatic rings. The van der Waals surface area contributed by atoms with E-state index in [4.69, 9.17) is 0 Å². The molecular formula is C15H33AlO6. The topological polar surface area (TPSA) is 96.9 Å². The van der Waals surface area contributed by atoms with Gasteiger partial charge in [0.15, 0.2) is 0 Å². The second-order valence-electron chi connectivity index (χ2n) is 3.88. The minimum absolute atomic E-state index is 0. The van der Waals surface area contributed by atoms with Crippen molar-refractivity contribution in [2.24, 2.45) is 0 Å². The van der Waals surface area contributed by atoms with Gasteiger partial charge in [0.25, 0.3) is 0 Å². The molecule has 0 N–H and O–H groups in total. The fourth-order valence-corrected chi connectivity index (χ4v) is 0.911. The van der Waals surface area contributed by atoms with E-state index in [-0.39, 0.29) is 17.4 Å². The summed E-state index contributed by atoms with van der Waals surface area (Å²) in [4.78, 5) is 0. The molecule has 3 atom stereocenters. The van der Waals surface area contributed by atoms with E-state index in [2.05, 4.69) is 14.2 Å². The zero-order valence-electron chi connectivity index (χ0n) is 15.0. The Morgan fingerprint density at radius 2 is 0.727 bits per heavy atom. The Labute approximate surface area is 146 Å². The van der Waals surface area contributed by atoms with Crippen molar-refractivity contribution in [1.29, 1.82) is 0 Å². The van der Waals surface area contributed by atoms with Gasteiger partial charge in [-0.15, -0.1) is 0 Å². The van der Waals surface area contributed by atoms with Crippen molar-refractivity contribution in [3.8, 4) is 0 Å². The second kappa shape index (κ2) is 26.2. The predicted molar refractivity (Wildman–Crippen MR) is 82.9 cm³/mol. The normalized spacial score (nSPS) is 13.5. The molecule has 0 fully saturated rings. The van der Waals surface area contributed by atoms with Crippen molar-refractivity contribution < 1.29 is 29.5 Å². The van der Waals surface area contributed by atoms with Gasteiger partial charge in [0, 0.05) is 19.8 Å². The number of rotatable bonds is 9. The van der Waals surface area contributed by atoms with Gasteiger partial charge in [-0.3, -0.25) is 0 Å². The van der Waals surface area contributed by atoms with Crippen molar-refractivity contribution in [3.05, 3.63) is 0 Å². The third-order valence-electron chi connectivity index (χ3n) is 2.06. The van der Waals surface area contributed by atoms with E-state index in [1.54, 1.807) is 0 Å². The van der Waals surface area contributed by atoms with E-state index >= 15 is 0 Å². The van der Waals surface area contributed by atoms with Crippen LogP contribution in [0.5, 0.6) is 0 Å². The molecule has 0 rings (SSSR count). The minimum Gasteiger partial charge on any atom is -0.831 e. The van der Waals surface area contributed by atoms with Crippen LogP contribution in [0, 0.1) is 0 Å². The Kier molecular flexibility index (Phi) is 36.0. The van der Waals surface area contributed by atoms with Crippen LogP contribution >= 0.6 is 0 Å². The van der Waals surface area contributed by atoms with E-state index in [0.29, 0.717) is 39.1 Å². The number of hydrogen-bond acceptors (Lipinski definition) is 6. The SMILES string of the molecule is CCOC([O-])CC.CCOC([O-])CC.CCOC([O-])CC.[Al+3]. The molecule has 0 aliphatic heterocycles. The van der Waals surface area contributed by atoms with Gasteiger partial charge in [0.1, 0.15) is 0 Å². The van der Waals surface area contributed by atoms with Crippen LogP contribution in [0.1, 0.15) is 60.8 Å². The Hall–Kier alpha value is 0.292. The third kappa shape index (κ3) is 32.3. The summed E-state index contributed by atoms with van der Waals surface area (Å²) in [6.07, 6.45) is -0.713. The molecule has 0 heterocycles. The summed E-state index contributed by atoms with van der Waals surface area (Å²) < 4.78 is 13.9. The zero-order chi connectivity index (χ0) is 17.1. The van der Waals surface area contributed by atoms with Crippen LogP contribution in [0.4, 0.5) is 0 Å². The van der Waals surface area contributed by atoms with Crippen molar-refractivity contribution in [1.82, 2.24) is 0 Å². The van der Waals surface area contributed by atoms with Crippen LogP contribution in [-0.2, 0) is 14.2 Å². The second-order valence-corrected chi connectivity index (χ2v) is 3.88. The third-order valence-corrected chi connectivity index (χ3v) is 2.06. The summed E-state index contributed by atoms with van der Waals surface area (Å²) >= 11 is 0. The molecule has 0 aromatic carbocycles. The first-order valence-electron chi connectivity index (χ1n) is 7.75. The standard InChI is InChI=1S/3C5H11O2.Al/c3*1-3-5(6)7-4-2;/h3*5H,3-4H2,1-2H3;/q3*-1;+3. The summed E-state index contributed by atoms with van der Waals surface area (Å²) in [5.74, 6) is 0. The first-order chi connectivity index (χ1) is 9.92. The average Bonchev–Trinajstić information content (AvgIpc) is 2.49. The molecule has 3 unspecified atom stereocenters. The quantitative estimate of drug-likeness (QED) is 0.433. The molecule has 0 bridgehead atoms. The van der Waals surface area contributed by atoms with Crippen molar-refractivity contribution in [3.63, 3.8) is 0 Å². The fourth-order valence-electron chi connectivity index (χ4n) is 0.911. The van der Waals surface area contributed by atoms with E-state index in [0.717, 1.165) is 0 Å². The smallest absolute Gasteiger partial charge is 0.831 e. The van der Waals surface area contributed by atoms with Crippen LogP contribution in [0.2, 0.25) is 0 Å². The monoisotopic (exact) mass is 336 g/mol. The number of hydrogen-bond donors (Lipinski definition) is 0. The summed E-state index contributed by atoms with van der Waals surface area (Å²) in [6, 6.07) is 0. The Morgan fingerprint density at radius 3 is 0.773 bits per heavy atom. The maximum atomic E-state index is 10.3. The van der Waals surface area contributed by atoms with Crippen LogP contribution in [0.3, 0.4) is 0 Å². The predicted octanol–water partition coefficient (Wildman–Crippen LogP) is -0.0229. The molecule has 0 saturated heterocycles. The van der Waals surface area contributed by atoms with Gasteiger partial charge < -0.3 is 29.5 Å². The summed E-state index contributed by atoms with van der Waals surface area (Å²) in [7, 11) is 0. The Bertz CT molecular complexity index is 146. The van der Waals surface area contributed by atoms with Gasteiger partial charge in [-0.2, -0.15) is 0 Å². The Morgan fingerprint density at radius 1 is 0.545 bits per heavy atom. The average molecular weight is 336 g/mol. The molecule has 0 radical (unpaired) electrons. The first-order valence-corrected chi connectivity index (χ1v) is 7.75. The van der Waals surface area contributed by atoms with Crippen LogP contribution in [0.15, 0.2) is 0 Å². The molecule has 0 saturated carbocycles. The van der Waals surface area contributed by atoms with Gasteiger partial charge in [0.05, 0.1) is 0 Å². The maximum absolute atomic E-state index is 10.3.